The monoisotopic (exact) mass is 643 g/mol. The number of benzene rings is 3. The number of carbonyl (C=O) groups is 2. The maximum absolute atomic E-state index is 12.5. The van der Waals surface area contributed by atoms with Gasteiger partial charge in [0.25, 0.3) is 0 Å². The van der Waals surface area contributed by atoms with Gasteiger partial charge in [-0.3, -0.25) is 0 Å². The zero-order chi connectivity index (χ0) is 32.9. The van der Waals surface area contributed by atoms with E-state index in [1.165, 1.54) is 5.56 Å². The summed E-state index contributed by atoms with van der Waals surface area (Å²) in [6.07, 6.45) is 6.69. The van der Waals surface area contributed by atoms with Crippen LogP contribution in [-0.4, -0.2) is 49.1 Å². The number of aryl methyl sites for hydroxylation is 1. The first-order valence-electron chi connectivity index (χ1n) is 17.0. The summed E-state index contributed by atoms with van der Waals surface area (Å²) in [6, 6.07) is 24.1. The first-order valence-corrected chi connectivity index (χ1v) is 17.0. The predicted octanol–water partition coefficient (Wildman–Crippen LogP) is 7.42. The number of nitrogens with zero attached hydrogens (tertiary/aromatic N) is 1. The Kier molecular flexibility index (Phi) is 12.5. The van der Waals surface area contributed by atoms with Crippen LogP contribution in [0.3, 0.4) is 0 Å². The second kappa shape index (κ2) is 17.2. The molecule has 0 spiro atoms. The third kappa shape index (κ3) is 11.0. The molecule has 2 aliphatic heterocycles. The summed E-state index contributed by atoms with van der Waals surface area (Å²) in [5.41, 5.74) is 5.41. The number of nitrogens with one attached hydrogen (secondary N) is 2. The van der Waals surface area contributed by atoms with Gasteiger partial charge in [0, 0.05) is 52.3 Å². The van der Waals surface area contributed by atoms with E-state index >= 15 is 0 Å². The first-order chi connectivity index (χ1) is 22.8. The van der Waals surface area contributed by atoms with Crippen LogP contribution in [0.5, 0.6) is 5.75 Å². The van der Waals surface area contributed by atoms with Crippen LogP contribution in [0.4, 0.5) is 9.59 Å². The highest BCUT2D eigenvalue weighted by atomic mass is 16.7. The molecule has 1 atom stereocenters. The Hall–Kier alpha value is -4.08. The summed E-state index contributed by atoms with van der Waals surface area (Å²) in [4.78, 5) is 26.4. The Labute approximate surface area is 278 Å². The minimum atomic E-state index is -0.628. The molecule has 0 unspecified atom stereocenters. The summed E-state index contributed by atoms with van der Waals surface area (Å²) >= 11 is 0. The SMILES string of the molecule is CC1(C)OCc2cc([C@@H]3CN(CCCCCCOCCCCc4cccc(CNC(=O)NCc5ccccc5)c4)C(=O)O3)ccc2O1. The van der Waals surface area contributed by atoms with Crippen molar-refractivity contribution in [3.05, 3.63) is 101 Å². The van der Waals surface area contributed by atoms with Crippen LogP contribution in [0.25, 0.3) is 0 Å². The van der Waals surface area contributed by atoms with Crippen molar-refractivity contribution >= 4 is 12.1 Å². The van der Waals surface area contributed by atoms with E-state index in [9.17, 15) is 9.59 Å². The molecule has 3 aromatic carbocycles. The van der Waals surface area contributed by atoms with Gasteiger partial charge >= 0.3 is 12.1 Å². The van der Waals surface area contributed by atoms with E-state index in [0.29, 0.717) is 32.8 Å². The van der Waals surface area contributed by atoms with Crippen molar-refractivity contribution in [3.63, 3.8) is 0 Å². The fourth-order valence-corrected chi connectivity index (χ4v) is 5.84. The zero-order valence-electron chi connectivity index (χ0n) is 27.8. The lowest BCUT2D eigenvalue weighted by Gasteiger charge is -2.32. The average Bonchev–Trinajstić information content (AvgIpc) is 3.45. The lowest BCUT2D eigenvalue weighted by Crippen LogP contribution is -2.35. The van der Waals surface area contributed by atoms with Gasteiger partial charge in [-0.15, -0.1) is 0 Å². The number of fused-ring (bicyclic) bond motifs is 1. The number of rotatable bonds is 17. The average molecular weight is 644 g/mol. The largest absolute Gasteiger partial charge is 0.463 e. The molecule has 3 aromatic rings. The minimum absolute atomic E-state index is 0.167. The number of cyclic esters (lactones) is 1. The van der Waals surface area contributed by atoms with Gasteiger partial charge in [0.15, 0.2) is 0 Å². The Morgan fingerprint density at radius 2 is 1.57 bits per heavy atom. The molecule has 9 heteroatoms. The quantitative estimate of drug-likeness (QED) is 0.149. The topological polar surface area (TPSA) is 98.4 Å². The van der Waals surface area contributed by atoms with Crippen LogP contribution in [0, 0.1) is 0 Å². The van der Waals surface area contributed by atoms with Crippen LogP contribution in [0.2, 0.25) is 0 Å². The molecule has 9 nitrogen and oxygen atoms in total. The number of ether oxygens (including phenoxy) is 4. The highest BCUT2D eigenvalue weighted by Gasteiger charge is 2.33. The van der Waals surface area contributed by atoms with Crippen LogP contribution in [-0.2, 0) is 40.3 Å². The van der Waals surface area contributed by atoms with Gasteiger partial charge in [-0.05, 0) is 66.5 Å². The second-order valence-electron chi connectivity index (χ2n) is 12.8. The Balaban J connectivity index is 0.868. The van der Waals surface area contributed by atoms with E-state index in [2.05, 4.69) is 28.8 Å². The summed E-state index contributed by atoms with van der Waals surface area (Å²) in [5, 5.41) is 5.84. The Bertz CT molecular complexity index is 1450. The second-order valence-corrected chi connectivity index (χ2v) is 12.8. The number of urea groups is 1. The molecule has 0 radical (unpaired) electrons. The van der Waals surface area contributed by atoms with Gasteiger partial charge in [0.2, 0.25) is 5.79 Å². The maximum Gasteiger partial charge on any atom is 0.410 e. The zero-order valence-corrected chi connectivity index (χ0v) is 27.8. The van der Waals surface area contributed by atoms with Gasteiger partial charge in [-0.2, -0.15) is 0 Å². The smallest absolute Gasteiger partial charge is 0.410 e. The standard InChI is InChI=1S/C38H49N3O6/c1-38(2)45-28-33-24-32(18-19-34(33)47-38)35-27-41(37(43)46-35)20-9-3-4-10-21-44-22-11-8-13-29-16-12-17-31(23-29)26-40-36(42)39-25-30-14-6-5-7-15-30/h5-7,12,14-19,23-24,35H,3-4,8-11,13,20-22,25-28H2,1-2H3,(H2,39,40,42)/t35-/m0/s1. The summed E-state index contributed by atoms with van der Waals surface area (Å²) < 4.78 is 23.2. The van der Waals surface area contributed by atoms with Crippen LogP contribution < -0.4 is 15.4 Å². The molecule has 47 heavy (non-hydrogen) atoms. The normalized spacial score (nSPS) is 16.7. The lowest BCUT2D eigenvalue weighted by atomic mass is 10.0. The van der Waals surface area contributed by atoms with Gasteiger partial charge in [0.1, 0.15) is 11.9 Å². The maximum atomic E-state index is 12.5. The fraction of sp³-hybridized carbons (Fsp3) is 0.474. The van der Waals surface area contributed by atoms with Crippen molar-refractivity contribution in [1.82, 2.24) is 15.5 Å². The van der Waals surface area contributed by atoms with Gasteiger partial charge in [-0.25, -0.2) is 9.59 Å². The number of amides is 3. The highest BCUT2D eigenvalue weighted by molar-refractivity contribution is 5.73. The fourth-order valence-electron chi connectivity index (χ4n) is 5.84. The van der Waals surface area contributed by atoms with Crippen LogP contribution in [0.15, 0.2) is 72.8 Å². The van der Waals surface area contributed by atoms with E-state index in [-0.39, 0.29) is 18.2 Å². The van der Waals surface area contributed by atoms with E-state index < -0.39 is 5.79 Å². The van der Waals surface area contributed by atoms with Crippen molar-refractivity contribution in [2.24, 2.45) is 0 Å². The molecular weight excluding hydrogens is 594 g/mol. The first kappa shape index (κ1) is 34.3. The number of hydrogen-bond donors (Lipinski definition) is 2. The predicted molar refractivity (Wildman–Crippen MR) is 181 cm³/mol. The Morgan fingerprint density at radius 3 is 2.40 bits per heavy atom. The summed E-state index contributed by atoms with van der Waals surface area (Å²) in [6.45, 7) is 8.11. The third-order valence-electron chi connectivity index (χ3n) is 8.49. The molecule has 0 aromatic heterocycles. The lowest BCUT2D eigenvalue weighted by molar-refractivity contribution is -0.180. The highest BCUT2D eigenvalue weighted by Crippen LogP contribution is 2.35. The van der Waals surface area contributed by atoms with E-state index in [1.807, 2.05) is 73.3 Å². The van der Waals surface area contributed by atoms with Crippen LogP contribution in [0.1, 0.15) is 86.3 Å². The third-order valence-corrected chi connectivity index (χ3v) is 8.49. The molecule has 2 aliphatic rings. The van der Waals surface area contributed by atoms with Gasteiger partial charge in [0.05, 0.1) is 13.2 Å². The number of hydrogen-bond acceptors (Lipinski definition) is 6. The molecule has 0 saturated carbocycles. The molecular formula is C38H49N3O6. The van der Waals surface area contributed by atoms with Crippen molar-refractivity contribution in [2.45, 2.75) is 90.4 Å². The number of unbranched alkanes of at least 4 members (excludes halogenated alkanes) is 4. The molecule has 1 fully saturated rings. The van der Waals surface area contributed by atoms with Crippen molar-refractivity contribution in [1.29, 1.82) is 0 Å². The number of carbonyl (C=O) groups excluding carboxylic acids is 2. The molecule has 252 valence electrons. The molecule has 5 rings (SSSR count). The van der Waals surface area contributed by atoms with E-state index in [4.69, 9.17) is 18.9 Å². The molecule has 2 heterocycles. The van der Waals surface area contributed by atoms with Crippen molar-refractivity contribution < 1.29 is 28.5 Å². The van der Waals surface area contributed by atoms with E-state index in [1.54, 1.807) is 0 Å². The summed E-state index contributed by atoms with van der Waals surface area (Å²) in [5.74, 6) is 0.195. The van der Waals surface area contributed by atoms with Crippen LogP contribution >= 0.6 is 0 Å². The van der Waals surface area contributed by atoms with E-state index in [0.717, 1.165) is 86.2 Å². The molecule has 0 bridgehead atoms. The van der Waals surface area contributed by atoms with Crippen molar-refractivity contribution in [3.8, 4) is 5.75 Å². The van der Waals surface area contributed by atoms with Crippen molar-refractivity contribution in [2.75, 3.05) is 26.3 Å². The Morgan fingerprint density at radius 1 is 0.851 bits per heavy atom. The molecule has 1 saturated heterocycles. The molecule has 2 N–H and O–H groups in total. The van der Waals surface area contributed by atoms with Gasteiger partial charge < -0.3 is 34.5 Å². The van der Waals surface area contributed by atoms with Gasteiger partial charge in [-0.1, -0.05) is 73.5 Å². The summed E-state index contributed by atoms with van der Waals surface area (Å²) in [7, 11) is 0. The minimum Gasteiger partial charge on any atom is -0.463 e. The molecule has 3 amide bonds. The molecule has 0 aliphatic carbocycles.